The van der Waals surface area contributed by atoms with Crippen molar-refractivity contribution in [2.45, 2.75) is 13.3 Å². The third-order valence-electron chi connectivity index (χ3n) is 2.45. The Morgan fingerprint density at radius 2 is 1.14 bits per heavy atom. The van der Waals surface area contributed by atoms with Gasteiger partial charge in [-0.25, -0.2) is 0 Å². The Morgan fingerprint density at radius 1 is 0.619 bits per heavy atom. The molecule has 6 nitrogen and oxygen atoms in total. The van der Waals surface area contributed by atoms with Crippen LogP contribution in [0, 0.1) is 6.42 Å². The van der Waals surface area contributed by atoms with Crippen LogP contribution in [0.2, 0.25) is 0 Å². The molecule has 0 aliphatic heterocycles. The summed E-state index contributed by atoms with van der Waals surface area (Å²) in [6.45, 7) is 8.99. The van der Waals surface area contributed by atoms with E-state index in [9.17, 15) is 0 Å². The zero-order chi connectivity index (χ0) is 15.4. The highest BCUT2D eigenvalue weighted by Gasteiger charge is 1.93. The lowest BCUT2D eigenvalue weighted by Gasteiger charge is -2.07. The summed E-state index contributed by atoms with van der Waals surface area (Å²) in [6, 6.07) is 0. The first-order valence-corrected chi connectivity index (χ1v) is 7.61. The molecule has 0 saturated carbocycles. The number of hydrogen-bond donors (Lipinski definition) is 0. The van der Waals surface area contributed by atoms with E-state index in [1.54, 1.807) is 7.11 Å². The zero-order valence-corrected chi connectivity index (χ0v) is 13.5. The van der Waals surface area contributed by atoms with Crippen molar-refractivity contribution >= 4 is 0 Å². The number of hydrogen-bond acceptors (Lipinski definition) is 6. The fourth-order valence-corrected chi connectivity index (χ4v) is 1.36. The maximum absolute atomic E-state index is 5.42. The average Bonchev–Trinajstić information content (AvgIpc) is 2.50. The molecule has 0 aliphatic carbocycles. The van der Waals surface area contributed by atoms with Gasteiger partial charge < -0.3 is 28.4 Å². The molecule has 0 bridgehead atoms. The van der Waals surface area contributed by atoms with Crippen molar-refractivity contribution in [2.24, 2.45) is 0 Å². The van der Waals surface area contributed by atoms with E-state index < -0.39 is 0 Å². The van der Waals surface area contributed by atoms with Crippen LogP contribution >= 0.6 is 0 Å². The molecule has 0 aromatic rings. The van der Waals surface area contributed by atoms with E-state index in [4.69, 9.17) is 28.4 Å². The van der Waals surface area contributed by atoms with Crippen LogP contribution in [0.4, 0.5) is 0 Å². The normalized spacial score (nSPS) is 11.1. The van der Waals surface area contributed by atoms with Crippen molar-refractivity contribution in [2.75, 3.05) is 79.8 Å². The second-order valence-electron chi connectivity index (χ2n) is 4.18. The first-order valence-electron chi connectivity index (χ1n) is 7.61. The van der Waals surface area contributed by atoms with E-state index in [-0.39, 0.29) is 0 Å². The molecule has 0 N–H and O–H groups in total. The molecule has 0 saturated heterocycles. The van der Waals surface area contributed by atoms with Crippen LogP contribution in [0.25, 0.3) is 0 Å². The van der Waals surface area contributed by atoms with E-state index in [0.717, 1.165) is 13.0 Å². The van der Waals surface area contributed by atoms with Gasteiger partial charge in [-0.1, -0.05) is 0 Å². The van der Waals surface area contributed by atoms with Gasteiger partial charge in [0.1, 0.15) is 0 Å². The Kier molecular flexibility index (Phi) is 19.5. The molecule has 0 amide bonds. The summed E-state index contributed by atoms with van der Waals surface area (Å²) in [6.07, 6.45) is 2.94. The molecule has 0 aromatic carbocycles. The quantitative estimate of drug-likeness (QED) is 0.356. The lowest BCUT2D eigenvalue weighted by Crippen LogP contribution is -2.11. The van der Waals surface area contributed by atoms with Crippen LogP contribution < -0.4 is 0 Å². The van der Waals surface area contributed by atoms with Gasteiger partial charge in [-0.05, 0) is 19.8 Å². The molecule has 0 spiro atoms. The Hall–Kier alpha value is -0.240. The average molecular weight is 307 g/mol. The highest BCUT2D eigenvalue weighted by molar-refractivity contribution is 4.62. The van der Waals surface area contributed by atoms with Crippen LogP contribution in [0.3, 0.4) is 0 Å². The van der Waals surface area contributed by atoms with Gasteiger partial charge in [0.05, 0.1) is 52.9 Å². The van der Waals surface area contributed by atoms with Crippen molar-refractivity contribution in [3.05, 3.63) is 6.42 Å². The van der Waals surface area contributed by atoms with Crippen molar-refractivity contribution in [1.82, 2.24) is 0 Å². The highest BCUT2D eigenvalue weighted by atomic mass is 16.5. The van der Waals surface area contributed by atoms with Crippen molar-refractivity contribution < 1.29 is 28.4 Å². The smallest absolute Gasteiger partial charge is 0.0701 e. The van der Waals surface area contributed by atoms with Crippen molar-refractivity contribution in [3.8, 4) is 0 Å². The maximum Gasteiger partial charge on any atom is 0.0701 e. The molecule has 21 heavy (non-hydrogen) atoms. The van der Waals surface area contributed by atoms with Gasteiger partial charge in [-0.2, -0.15) is 0 Å². The molecular weight excluding hydrogens is 276 g/mol. The van der Waals surface area contributed by atoms with Crippen LogP contribution in [-0.4, -0.2) is 79.8 Å². The Bertz CT molecular complexity index is 162. The van der Waals surface area contributed by atoms with Crippen LogP contribution in [0.1, 0.15) is 13.3 Å². The fourth-order valence-electron chi connectivity index (χ4n) is 1.36. The Morgan fingerprint density at radius 3 is 1.76 bits per heavy atom. The minimum absolute atomic E-state index is 0.604. The summed E-state index contributed by atoms with van der Waals surface area (Å²) in [5.41, 5.74) is 0. The van der Waals surface area contributed by atoms with Crippen molar-refractivity contribution in [1.29, 1.82) is 0 Å². The predicted octanol–water partition coefficient (Wildman–Crippen LogP) is 1.33. The summed E-state index contributed by atoms with van der Waals surface area (Å²) in [5.74, 6) is 0. The molecule has 6 heteroatoms. The molecule has 0 atom stereocenters. The van der Waals surface area contributed by atoms with Crippen LogP contribution in [-0.2, 0) is 28.4 Å². The molecule has 0 unspecified atom stereocenters. The Balaban J connectivity index is 2.90. The van der Waals surface area contributed by atoms with Gasteiger partial charge in [-0.15, -0.1) is 0 Å². The number of methoxy groups -OCH3 is 1. The predicted molar refractivity (Wildman–Crippen MR) is 80.6 cm³/mol. The fraction of sp³-hybridized carbons (Fsp3) is 0.933. The largest absolute Gasteiger partial charge is 0.382 e. The lowest BCUT2D eigenvalue weighted by molar-refractivity contribution is 0.0155. The van der Waals surface area contributed by atoms with E-state index in [1.807, 2.05) is 6.92 Å². The first-order chi connectivity index (χ1) is 10.4. The lowest BCUT2D eigenvalue weighted by atomic mass is 10.3. The van der Waals surface area contributed by atoms with E-state index in [1.165, 1.54) is 0 Å². The van der Waals surface area contributed by atoms with Crippen LogP contribution in [0.15, 0.2) is 0 Å². The summed E-state index contributed by atoms with van der Waals surface area (Å²) in [5, 5.41) is 0. The first kappa shape index (κ1) is 20.8. The molecule has 0 fully saturated rings. The van der Waals surface area contributed by atoms with Gasteiger partial charge in [-0.3, -0.25) is 0 Å². The third kappa shape index (κ3) is 19.8. The highest BCUT2D eigenvalue weighted by Crippen LogP contribution is 1.91. The second-order valence-corrected chi connectivity index (χ2v) is 4.18. The van der Waals surface area contributed by atoms with Gasteiger partial charge >= 0.3 is 0 Å². The van der Waals surface area contributed by atoms with Crippen LogP contribution in [0.5, 0.6) is 0 Å². The van der Waals surface area contributed by atoms with E-state index >= 15 is 0 Å². The minimum atomic E-state index is 0.604. The molecule has 0 aliphatic rings. The summed E-state index contributed by atoms with van der Waals surface area (Å²) >= 11 is 0. The topological polar surface area (TPSA) is 55.4 Å². The molecule has 1 radical (unpaired) electrons. The molecule has 0 heterocycles. The van der Waals surface area contributed by atoms with Gasteiger partial charge in [0, 0.05) is 26.9 Å². The molecule has 0 aromatic heterocycles. The summed E-state index contributed by atoms with van der Waals surface area (Å²) in [7, 11) is 1.66. The number of rotatable bonds is 18. The van der Waals surface area contributed by atoms with Gasteiger partial charge in [0.15, 0.2) is 0 Å². The number of ether oxygens (including phenoxy) is 6. The SMILES string of the molecule is CCOCCOCCOCC[CH]COCCOCCOC. The zero-order valence-electron chi connectivity index (χ0n) is 13.5. The van der Waals surface area contributed by atoms with Gasteiger partial charge in [0.2, 0.25) is 0 Å². The van der Waals surface area contributed by atoms with Gasteiger partial charge in [0.25, 0.3) is 0 Å². The number of unbranched alkanes of at least 4 members (excludes halogenated alkanes) is 1. The molecule has 0 rings (SSSR count). The maximum atomic E-state index is 5.42. The minimum Gasteiger partial charge on any atom is -0.382 e. The molecule has 127 valence electrons. The summed E-state index contributed by atoms with van der Waals surface area (Å²) in [4.78, 5) is 0. The third-order valence-corrected chi connectivity index (χ3v) is 2.45. The second kappa shape index (κ2) is 19.8. The Labute approximate surface area is 129 Å². The standard InChI is InChI=1S/C15H31O6/c1-3-17-10-11-21-15-13-19-7-5-4-6-18-12-14-20-9-8-16-2/h4H,3,5-15H2,1-2H3. The molecular formula is C15H31O6. The van der Waals surface area contributed by atoms with E-state index in [0.29, 0.717) is 66.1 Å². The van der Waals surface area contributed by atoms with Crippen molar-refractivity contribution in [3.63, 3.8) is 0 Å². The summed E-state index contributed by atoms with van der Waals surface area (Å²) < 4.78 is 31.4. The monoisotopic (exact) mass is 307 g/mol. The van der Waals surface area contributed by atoms with E-state index in [2.05, 4.69) is 6.42 Å².